The summed E-state index contributed by atoms with van der Waals surface area (Å²) in [7, 11) is 0. The molecule has 2 N–H and O–H groups in total. The van der Waals surface area contributed by atoms with Crippen LogP contribution < -0.4 is 5.73 Å². The molecule has 5 heteroatoms. The van der Waals surface area contributed by atoms with E-state index >= 15 is 0 Å². The van der Waals surface area contributed by atoms with Gasteiger partial charge in [0.2, 0.25) is 0 Å². The van der Waals surface area contributed by atoms with Crippen LogP contribution in [-0.4, -0.2) is 10.7 Å². The van der Waals surface area contributed by atoms with Crippen molar-refractivity contribution >= 4 is 23.1 Å². The summed E-state index contributed by atoms with van der Waals surface area (Å²) in [5.74, 6) is 0.843. The van der Waals surface area contributed by atoms with Crippen LogP contribution in [0, 0.1) is 10.1 Å². The molecule has 0 aliphatic carbocycles. The maximum Gasteiger partial charge on any atom is 0.270 e. The van der Waals surface area contributed by atoms with Crippen LogP contribution in [0.15, 0.2) is 53.4 Å². The summed E-state index contributed by atoms with van der Waals surface area (Å²) >= 11 is 1.54. The third-order valence-electron chi connectivity index (χ3n) is 2.70. The molecule has 0 heterocycles. The number of hydrogen-bond donors (Lipinski definition) is 1. The first-order valence-corrected chi connectivity index (χ1v) is 6.86. The molecule has 98 valence electrons. The lowest BCUT2D eigenvalue weighted by Gasteiger charge is -2.05. The van der Waals surface area contributed by atoms with Gasteiger partial charge >= 0.3 is 0 Å². The number of nitro benzene ring substituents is 1. The van der Waals surface area contributed by atoms with Gasteiger partial charge in [-0.25, -0.2) is 0 Å². The van der Waals surface area contributed by atoms with Crippen LogP contribution in [-0.2, 0) is 6.42 Å². The van der Waals surface area contributed by atoms with Crippen LogP contribution >= 0.6 is 11.8 Å². The van der Waals surface area contributed by atoms with Gasteiger partial charge in [-0.15, -0.1) is 11.8 Å². The molecule has 4 nitrogen and oxygen atoms in total. The summed E-state index contributed by atoms with van der Waals surface area (Å²) in [5.41, 5.74) is 7.74. The Morgan fingerprint density at radius 3 is 2.58 bits per heavy atom. The predicted molar refractivity (Wildman–Crippen MR) is 78.4 cm³/mol. The number of nitro groups is 1. The second-order valence-electron chi connectivity index (χ2n) is 4.06. The van der Waals surface area contributed by atoms with E-state index in [1.54, 1.807) is 17.8 Å². The van der Waals surface area contributed by atoms with E-state index in [4.69, 9.17) is 5.73 Å². The third-order valence-corrected chi connectivity index (χ3v) is 3.77. The van der Waals surface area contributed by atoms with E-state index in [-0.39, 0.29) is 5.69 Å². The highest BCUT2D eigenvalue weighted by atomic mass is 32.2. The normalized spacial score (nSPS) is 10.3. The van der Waals surface area contributed by atoms with Crippen LogP contribution in [0.1, 0.15) is 5.56 Å². The highest BCUT2D eigenvalue weighted by molar-refractivity contribution is 7.99. The van der Waals surface area contributed by atoms with Crippen molar-refractivity contribution in [3.05, 3.63) is 64.2 Å². The summed E-state index contributed by atoms with van der Waals surface area (Å²) in [4.78, 5) is 11.1. The van der Waals surface area contributed by atoms with E-state index in [1.165, 1.54) is 17.7 Å². The van der Waals surface area contributed by atoms with Crippen molar-refractivity contribution in [2.75, 3.05) is 11.5 Å². The molecular formula is C14H14N2O2S. The molecule has 0 saturated carbocycles. The van der Waals surface area contributed by atoms with Crippen LogP contribution in [0.5, 0.6) is 0 Å². The Kier molecular flexibility index (Phi) is 4.41. The first-order valence-electron chi connectivity index (χ1n) is 5.87. The van der Waals surface area contributed by atoms with Crippen molar-refractivity contribution in [1.82, 2.24) is 0 Å². The molecule has 0 radical (unpaired) electrons. The van der Waals surface area contributed by atoms with Crippen LogP contribution in [0.2, 0.25) is 0 Å². The molecule has 0 aromatic heterocycles. The average Bonchev–Trinajstić information content (AvgIpc) is 2.42. The lowest BCUT2D eigenvalue weighted by Crippen LogP contribution is -1.94. The highest BCUT2D eigenvalue weighted by Gasteiger charge is 2.09. The molecule has 0 amide bonds. The molecule has 0 atom stereocenters. The number of non-ortho nitro benzene ring substituents is 1. The number of anilines is 1. The molecule has 0 aliphatic heterocycles. The molecule has 0 bridgehead atoms. The van der Waals surface area contributed by atoms with E-state index in [1.807, 2.05) is 18.2 Å². The van der Waals surface area contributed by atoms with Gasteiger partial charge < -0.3 is 5.73 Å². The summed E-state index contributed by atoms with van der Waals surface area (Å²) in [5, 5.41) is 10.7. The summed E-state index contributed by atoms with van der Waals surface area (Å²) in [6.45, 7) is 0. The van der Waals surface area contributed by atoms with E-state index in [9.17, 15) is 10.1 Å². The SMILES string of the molecule is Nc1ccc([N+](=O)[O-])cc1SCCc1ccccc1. The Bertz CT molecular complexity index is 573. The molecule has 2 aromatic rings. The average molecular weight is 274 g/mol. The minimum atomic E-state index is -0.402. The Hall–Kier alpha value is -2.01. The van der Waals surface area contributed by atoms with E-state index in [0.29, 0.717) is 5.69 Å². The number of rotatable bonds is 5. The smallest absolute Gasteiger partial charge is 0.270 e. The van der Waals surface area contributed by atoms with Gasteiger partial charge in [-0.05, 0) is 18.1 Å². The maximum atomic E-state index is 10.7. The van der Waals surface area contributed by atoms with E-state index in [0.717, 1.165) is 17.1 Å². The fourth-order valence-corrected chi connectivity index (χ4v) is 2.68. The molecule has 0 saturated heterocycles. The van der Waals surface area contributed by atoms with Crippen molar-refractivity contribution in [1.29, 1.82) is 0 Å². The van der Waals surface area contributed by atoms with Crippen LogP contribution in [0.25, 0.3) is 0 Å². The van der Waals surface area contributed by atoms with Gasteiger partial charge in [-0.1, -0.05) is 30.3 Å². The molecule has 2 aromatic carbocycles. The highest BCUT2D eigenvalue weighted by Crippen LogP contribution is 2.29. The number of aryl methyl sites for hydroxylation is 1. The number of nitrogens with two attached hydrogens (primary N) is 1. The molecule has 2 rings (SSSR count). The Morgan fingerprint density at radius 1 is 1.16 bits per heavy atom. The monoisotopic (exact) mass is 274 g/mol. The zero-order valence-corrected chi connectivity index (χ0v) is 11.1. The van der Waals surface area contributed by atoms with Crippen molar-refractivity contribution in [2.24, 2.45) is 0 Å². The maximum absolute atomic E-state index is 10.7. The van der Waals surface area contributed by atoms with Gasteiger partial charge in [0, 0.05) is 28.5 Å². The second-order valence-corrected chi connectivity index (χ2v) is 5.20. The van der Waals surface area contributed by atoms with Crippen LogP contribution in [0.4, 0.5) is 11.4 Å². The topological polar surface area (TPSA) is 69.2 Å². The van der Waals surface area contributed by atoms with E-state index in [2.05, 4.69) is 12.1 Å². The molecular weight excluding hydrogens is 260 g/mol. The Morgan fingerprint density at radius 2 is 1.89 bits per heavy atom. The van der Waals surface area contributed by atoms with Gasteiger partial charge in [0.05, 0.1) is 4.92 Å². The Balaban J connectivity index is 1.99. The molecule has 19 heavy (non-hydrogen) atoms. The number of hydrogen-bond acceptors (Lipinski definition) is 4. The zero-order chi connectivity index (χ0) is 13.7. The van der Waals surface area contributed by atoms with Crippen LogP contribution in [0.3, 0.4) is 0 Å². The van der Waals surface area contributed by atoms with Gasteiger partial charge in [-0.3, -0.25) is 10.1 Å². The van der Waals surface area contributed by atoms with Gasteiger partial charge in [-0.2, -0.15) is 0 Å². The molecule has 0 aliphatic rings. The van der Waals surface area contributed by atoms with E-state index < -0.39 is 4.92 Å². The predicted octanol–water partition coefficient (Wildman–Crippen LogP) is 3.51. The lowest BCUT2D eigenvalue weighted by atomic mass is 10.2. The number of thioether (sulfide) groups is 1. The minimum Gasteiger partial charge on any atom is -0.398 e. The quantitative estimate of drug-likeness (QED) is 0.392. The number of nitrogen functional groups attached to an aromatic ring is 1. The minimum absolute atomic E-state index is 0.0800. The summed E-state index contributed by atoms with van der Waals surface area (Å²) in [6.07, 6.45) is 0.910. The molecule has 0 unspecified atom stereocenters. The number of benzene rings is 2. The first-order chi connectivity index (χ1) is 9.16. The van der Waals surface area contributed by atoms with Gasteiger partial charge in [0.15, 0.2) is 0 Å². The zero-order valence-electron chi connectivity index (χ0n) is 10.3. The summed E-state index contributed by atoms with van der Waals surface area (Å²) in [6, 6.07) is 14.7. The second kappa shape index (κ2) is 6.24. The van der Waals surface area contributed by atoms with Gasteiger partial charge in [0.1, 0.15) is 0 Å². The largest absolute Gasteiger partial charge is 0.398 e. The summed E-state index contributed by atoms with van der Waals surface area (Å²) < 4.78 is 0. The van der Waals surface area contributed by atoms with Crippen molar-refractivity contribution in [2.45, 2.75) is 11.3 Å². The Labute approximate surface area is 115 Å². The first kappa shape index (κ1) is 13.4. The van der Waals surface area contributed by atoms with Crippen molar-refractivity contribution in [3.63, 3.8) is 0 Å². The third kappa shape index (κ3) is 3.72. The van der Waals surface area contributed by atoms with Gasteiger partial charge in [0.25, 0.3) is 5.69 Å². The molecule has 0 spiro atoms. The fraction of sp³-hybridized carbons (Fsp3) is 0.143. The standard InChI is InChI=1S/C14H14N2O2S/c15-13-7-6-12(16(17)18)10-14(13)19-9-8-11-4-2-1-3-5-11/h1-7,10H,8-9,15H2. The fourth-order valence-electron chi connectivity index (χ4n) is 1.69. The van der Waals surface area contributed by atoms with Crippen molar-refractivity contribution in [3.8, 4) is 0 Å². The lowest BCUT2D eigenvalue weighted by molar-refractivity contribution is -0.385. The number of nitrogens with zero attached hydrogens (tertiary/aromatic N) is 1. The molecule has 0 fully saturated rings. The van der Waals surface area contributed by atoms with Crippen molar-refractivity contribution < 1.29 is 4.92 Å².